The van der Waals surface area contributed by atoms with Crippen LogP contribution in [0.25, 0.3) is 0 Å². The Morgan fingerprint density at radius 2 is 2.29 bits per heavy atom. The summed E-state index contributed by atoms with van der Waals surface area (Å²) >= 11 is 3.43. The maximum Gasteiger partial charge on any atom is 0.307 e. The van der Waals surface area contributed by atoms with Gasteiger partial charge in [-0.2, -0.15) is 0 Å². The van der Waals surface area contributed by atoms with E-state index in [2.05, 4.69) is 28.1 Å². The molecule has 1 fully saturated rings. The van der Waals surface area contributed by atoms with Gasteiger partial charge in [0.15, 0.2) is 0 Å². The van der Waals surface area contributed by atoms with E-state index in [1.165, 1.54) is 11.1 Å². The molecule has 2 aliphatic carbocycles. The van der Waals surface area contributed by atoms with Crippen LogP contribution in [0, 0.1) is 11.8 Å². The van der Waals surface area contributed by atoms with Gasteiger partial charge in [-0.05, 0) is 35.6 Å². The molecule has 1 aromatic carbocycles. The van der Waals surface area contributed by atoms with Crippen molar-refractivity contribution in [3.63, 3.8) is 0 Å². The molecular weight excluding hydrogens is 244 g/mol. The van der Waals surface area contributed by atoms with Crippen molar-refractivity contribution in [2.24, 2.45) is 11.8 Å². The Morgan fingerprint density at radius 3 is 3.00 bits per heavy atom. The second-order valence-corrected chi connectivity index (χ2v) is 5.02. The summed E-state index contributed by atoms with van der Waals surface area (Å²) in [6.07, 6.45) is 0.941. The van der Waals surface area contributed by atoms with Crippen LogP contribution in [0.4, 0.5) is 0 Å². The fourth-order valence-corrected chi connectivity index (χ4v) is 3.13. The van der Waals surface area contributed by atoms with Gasteiger partial charge < -0.3 is 5.11 Å². The minimum Gasteiger partial charge on any atom is -0.481 e. The van der Waals surface area contributed by atoms with E-state index in [0.717, 1.165) is 10.9 Å². The first kappa shape index (κ1) is 8.48. The first-order valence-electron chi connectivity index (χ1n) is 4.69. The number of aliphatic carboxylic acids is 1. The number of rotatable bonds is 1. The average molecular weight is 253 g/mol. The van der Waals surface area contributed by atoms with E-state index in [1.807, 2.05) is 6.07 Å². The number of carbonyl (C=O) groups is 1. The molecule has 3 heteroatoms. The van der Waals surface area contributed by atoms with Gasteiger partial charge >= 0.3 is 5.97 Å². The highest BCUT2D eigenvalue weighted by molar-refractivity contribution is 9.10. The zero-order valence-corrected chi connectivity index (χ0v) is 8.99. The number of hydrogen-bond donors (Lipinski definition) is 1. The molecule has 0 spiro atoms. The Bertz CT molecular complexity index is 427. The van der Waals surface area contributed by atoms with Gasteiger partial charge in [0, 0.05) is 10.4 Å². The van der Waals surface area contributed by atoms with Crippen LogP contribution in [0.15, 0.2) is 22.7 Å². The van der Waals surface area contributed by atoms with Gasteiger partial charge in [-0.25, -0.2) is 0 Å². The number of carboxylic acid groups (broad SMARTS) is 1. The fourth-order valence-electron chi connectivity index (χ4n) is 2.72. The summed E-state index contributed by atoms with van der Waals surface area (Å²) in [5.41, 5.74) is 2.58. The maximum absolute atomic E-state index is 10.8. The molecule has 3 atom stereocenters. The number of hydrogen-bond acceptors (Lipinski definition) is 1. The fraction of sp³-hybridized carbons (Fsp3) is 0.364. The van der Waals surface area contributed by atoms with E-state index in [-0.39, 0.29) is 5.92 Å². The predicted octanol–water partition coefficient (Wildman–Crippen LogP) is 2.42. The van der Waals surface area contributed by atoms with Gasteiger partial charge in [-0.1, -0.05) is 22.0 Å². The van der Waals surface area contributed by atoms with Crippen molar-refractivity contribution < 1.29 is 9.90 Å². The van der Waals surface area contributed by atoms with Crippen LogP contribution in [-0.2, 0) is 11.2 Å². The molecular formula is C11H9BrO2. The largest absolute Gasteiger partial charge is 0.481 e. The van der Waals surface area contributed by atoms with Crippen LogP contribution in [0.2, 0.25) is 0 Å². The molecule has 3 rings (SSSR count). The van der Waals surface area contributed by atoms with Gasteiger partial charge in [0.25, 0.3) is 0 Å². The Morgan fingerprint density at radius 1 is 1.50 bits per heavy atom. The summed E-state index contributed by atoms with van der Waals surface area (Å²) in [4.78, 5) is 10.8. The molecule has 1 aromatic rings. The van der Waals surface area contributed by atoms with Crippen LogP contribution in [0.3, 0.4) is 0 Å². The topological polar surface area (TPSA) is 37.3 Å². The second-order valence-electron chi connectivity index (χ2n) is 4.10. The molecule has 0 saturated heterocycles. The Kier molecular flexibility index (Phi) is 1.57. The molecule has 0 radical (unpaired) electrons. The van der Waals surface area contributed by atoms with Crippen molar-refractivity contribution in [2.45, 2.75) is 12.3 Å². The van der Waals surface area contributed by atoms with Crippen LogP contribution < -0.4 is 0 Å². The molecule has 0 heterocycles. The molecule has 0 aliphatic heterocycles. The molecule has 1 N–H and O–H groups in total. The normalized spacial score (nSPS) is 32.2. The van der Waals surface area contributed by atoms with E-state index >= 15 is 0 Å². The third kappa shape index (κ3) is 0.989. The summed E-state index contributed by atoms with van der Waals surface area (Å²) in [5, 5.41) is 8.93. The van der Waals surface area contributed by atoms with Crippen LogP contribution in [0.5, 0.6) is 0 Å². The lowest BCUT2D eigenvalue weighted by molar-refractivity contribution is -0.139. The third-order valence-corrected chi connectivity index (χ3v) is 3.87. The zero-order chi connectivity index (χ0) is 9.87. The minimum absolute atomic E-state index is 0.108. The van der Waals surface area contributed by atoms with Crippen LogP contribution >= 0.6 is 15.9 Å². The van der Waals surface area contributed by atoms with Gasteiger partial charge in [0.1, 0.15) is 0 Å². The first-order chi connectivity index (χ1) is 6.68. The number of benzene rings is 1. The Balaban J connectivity index is 1.99. The van der Waals surface area contributed by atoms with Crippen molar-refractivity contribution >= 4 is 21.9 Å². The van der Waals surface area contributed by atoms with Gasteiger partial charge in [0.2, 0.25) is 0 Å². The Labute approximate surface area is 90.1 Å². The summed E-state index contributed by atoms with van der Waals surface area (Å²) in [6, 6.07) is 6.17. The number of carboxylic acids is 1. The van der Waals surface area contributed by atoms with Crippen molar-refractivity contribution in [1.29, 1.82) is 0 Å². The highest BCUT2D eigenvalue weighted by atomic mass is 79.9. The summed E-state index contributed by atoms with van der Waals surface area (Å²) in [6.45, 7) is 0. The smallest absolute Gasteiger partial charge is 0.307 e. The van der Waals surface area contributed by atoms with E-state index in [0.29, 0.717) is 11.8 Å². The van der Waals surface area contributed by atoms with Crippen molar-refractivity contribution in [3.8, 4) is 0 Å². The van der Waals surface area contributed by atoms with Crippen LogP contribution in [0.1, 0.15) is 17.0 Å². The SMILES string of the molecule is O=C(O)C1C2Cc3cc(Br)ccc3C21. The second kappa shape index (κ2) is 2.60. The molecule has 72 valence electrons. The van der Waals surface area contributed by atoms with Crippen LogP contribution in [-0.4, -0.2) is 11.1 Å². The average Bonchev–Trinajstić information content (AvgIpc) is 2.70. The van der Waals surface area contributed by atoms with E-state index in [4.69, 9.17) is 5.11 Å². The lowest BCUT2D eigenvalue weighted by Crippen LogP contribution is -2.04. The van der Waals surface area contributed by atoms with Crippen molar-refractivity contribution in [2.75, 3.05) is 0 Å². The summed E-state index contributed by atoms with van der Waals surface area (Å²) in [7, 11) is 0. The zero-order valence-electron chi connectivity index (χ0n) is 7.40. The van der Waals surface area contributed by atoms with Crippen molar-refractivity contribution in [1.82, 2.24) is 0 Å². The molecule has 0 aromatic heterocycles. The van der Waals surface area contributed by atoms with Crippen molar-refractivity contribution in [3.05, 3.63) is 33.8 Å². The van der Waals surface area contributed by atoms with Gasteiger partial charge in [-0.15, -0.1) is 0 Å². The minimum atomic E-state index is -0.631. The highest BCUT2D eigenvalue weighted by Gasteiger charge is 2.59. The number of fused-ring (bicyclic) bond motifs is 3. The lowest BCUT2D eigenvalue weighted by atomic mass is 10.0. The quantitative estimate of drug-likeness (QED) is 0.834. The molecule has 1 saturated carbocycles. The summed E-state index contributed by atoms with van der Waals surface area (Å²) in [5.74, 6) is -0.0651. The van der Waals surface area contributed by atoms with Gasteiger partial charge in [0.05, 0.1) is 5.92 Å². The first-order valence-corrected chi connectivity index (χ1v) is 5.49. The van der Waals surface area contributed by atoms with E-state index in [1.54, 1.807) is 0 Å². The maximum atomic E-state index is 10.8. The van der Waals surface area contributed by atoms with Gasteiger partial charge in [-0.3, -0.25) is 4.79 Å². The van der Waals surface area contributed by atoms with E-state index in [9.17, 15) is 4.79 Å². The predicted molar refractivity (Wildman–Crippen MR) is 55.2 cm³/mol. The molecule has 0 amide bonds. The molecule has 0 bridgehead atoms. The number of halogens is 1. The summed E-state index contributed by atoms with van der Waals surface area (Å²) < 4.78 is 1.09. The molecule has 2 aliphatic rings. The molecule has 2 nitrogen and oxygen atoms in total. The lowest BCUT2D eigenvalue weighted by Gasteiger charge is -2.04. The molecule has 3 unspecified atom stereocenters. The third-order valence-electron chi connectivity index (χ3n) is 3.37. The Hall–Kier alpha value is -0.830. The molecule has 14 heavy (non-hydrogen) atoms. The standard InChI is InChI=1S/C11H9BrO2/c12-6-1-2-7-5(3-6)4-8-9(7)10(8)11(13)14/h1-3,8-10H,4H2,(H,13,14). The highest BCUT2D eigenvalue weighted by Crippen LogP contribution is 2.61. The van der Waals surface area contributed by atoms with E-state index < -0.39 is 5.97 Å². The monoisotopic (exact) mass is 252 g/mol.